The summed E-state index contributed by atoms with van der Waals surface area (Å²) in [4.78, 5) is 0. The van der Waals surface area contributed by atoms with Gasteiger partial charge in [0.25, 0.3) is 0 Å². The minimum Gasteiger partial charge on any atom is -0.508 e. The molecule has 0 saturated carbocycles. The van der Waals surface area contributed by atoms with Crippen LogP contribution in [0.1, 0.15) is 52.1 Å². The monoisotopic (exact) mass is 251 g/mol. The van der Waals surface area contributed by atoms with Crippen molar-refractivity contribution in [3.05, 3.63) is 23.8 Å². The van der Waals surface area contributed by atoms with Crippen LogP contribution in [-0.4, -0.2) is 16.3 Å². The third kappa shape index (κ3) is 4.57. The molecule has 0 aliphatic rings. The highest BCUT2D eigenvalue weighted by molar-refractivity contribution is 5.40. The van der Waals surface area contributed by atoms with Crippen LogP contribution in [0.4, 0.5) is 0 Å². The molecule has 0 heterocycles. The minimum absolute atomic E-state index is 0.0766. The number of hydrogen-bond donors (Lipinski definition) is 3. The van der Waals surface area contributed by atoms with Gasteiger partial charge in [0, 0.05) is 23.7 Å². The second kappa shape index (κ2) is 6.64. The average Bonchev–Trinajstić information content (AvgIpc) is 2.26. The van der Waals surface area contributed by atoms with Gasteiger partial charge < -0.3 is 15.5 Å². The Morgan fingerprint density at radius 1 is 1.06 bits per heavy atom. The van der Waals surface area contributed by atoms with Gasteiger partial charge in [-0.15, -0.1) is 0 Å². The summed E-state index contributed by atoms with van der Waals surface area (Å²) in [7, 11) is 0. The van der Waals surface area contributed by atoms with Gasteiger partial charge in [-0.3, -0.25) is 0 Å². The first-order valence-corrected chi connectivity index (χ1v) is 6.68. The Morgan fingerprint density at radius 2 is 1.72 bits per heavy atom. The maximum absolute atomic E-state index is 9.79. The lowest BCUT2D eigenvalue weighted by Gasteiger charge is -2.21. The third-order valence-electron chi connectivity index (χ3n) is 3.19. The molecule has 18 heavy (non-hydrogen) atoms. The smallest absolute Gasteiger partial charge is 0.124 e. The molecule has 0 spiro atoms. The molecule has 1 aromatic carbocycles. The van der Waals surface area contributed by atoms with Crippen molar-refractivity contribution in [1.29, 1.82) is 0 Å². The molecule has 1 rings (SSSR count). The molecule has 3 N–H and O–H groups in total. The summed E-state index contributed by atoms with van der Waals surface area (Å²) in [6, 6.07) is 5.24. The second-order valence-electron chi connectivity index (χ2n) is 5.50. The normalized spacial score (nSPS) is 14.7. The Labute approximate surface area is 110 Å². The van der Waals surface area contributed by atoms with Crippen LogP contribution in [0.2, 0.25) is 0 Å². The van der Waals surface area contributed by atoms with E-state index in [-0.39, 0.29) is 17.5 Å². The fourth-order valence-electron chi connectivity index (χ4n) is 2.08. The zero-order valence-electron chi connectivity index (χ0n) is 11.8. The molecule has 0 aliphatic heterocycles. The van der Waals surface area contributed by atoms with E-state index in [0.717, 1.165) is 12.0 Å². The topological polar surface area (TPSA) is 52.5 Å². The standard InChI is InChI=1S/C15H25NO2/c1-10(2)5-6-11(3)16-12(4)14-8-7-13(17)9-15(14)18/h7-12,16-18H,5-6H2,1-4H3. The van der Waals surface area contributed by atoms with E-state index in [0.29, 0.717) is 12.0 Å². The number of benzene rings is 1. The highest BCUT2D eigenvalue weighted by atomic mass is 16.3. The highest BCUT2D eigenvalue weighted by Crippen LogP contribution is 2.28. The molecule has 0 aromatic heterocycles. The van der Waals surface area contributed by atoms with Crippen molar-refractivity contribution in [2.24, 2.45) is 5.92 Å². The molecule has 1 aromatic rings. The third-order valence-corrected chi connectivity index (χ3v) is 3.19. The molecule has 3 heteroatoms. The molecule has 0 aliphatic carbocycles. The Morgan fingerprint density at radius 3 is 2.28 bits per heavy atom. The van der Waals surface area contributed by atoms with Gasteiger partial charge in [0.05, 0.1) is 0 Å². The quantitative estimate of drug-likeness (QED) is 0.724. The van der Waals surface area contributed by atoms with Gasteiger partial charge >= 0.3 is 0 Å². The second-order valence-corrected chi connectivity index (χ2v) is 5.50. The van der Waals surface area contributed by atoms with Crippen LogP contribution in [0.25, 0.3) is 0 Å². The molecule has 3 nitrogen and oxygen atoms in total. The lowest BCUT2D eigenvalue weighted by Crippen LogP contribution is -2.29. The summed E-state index contributed by atoms with van der Waals surface area (Å²) in [6.45, 7) is 8.64. The first-order chi connectivity index (χ1) is 8.40. The van der Waals surface area contributed by atoms with Crippen LogP contribution < -0.4 is 5.32 Å². The lowest BCUT2D eigenvalue weighted by molar-refractivity contribution is 0.400. The summed E-state index contributed by atoms with van der Waals surface area (Å²) >= 11 is 0. The fraction of sp³-hybridized carbons (Fsp3) is 0.600. The fourth-order valence-corrected chi connectivity index (χ4v) is 2.08. The van der Waals surface area contributed by atoms with E-state index in [1.54, 1.807) is 12.1 Å². The zero-order chi connectivity index (χ0) is 13.7. The van der Waals surface area contributed by atoms with E-state index in [1.165, 1.54) is 12.5 Å². The van der Waals surface area contributed by atoms with Crippen molar-refractivity contribution in [1.82, 2.24) is 5.32 Å². The first-order valence-electron chi connectivity index (χ1n) is 6.68. The molecule has 0 radical (unpaired) electrons. The molecule has 2 unspecified atom stereocenters. The summed E-state index contributed by atoms with van der Waals surface area (Å²) in [6.07, 6.45) is 2.32. The van der Waals surface area contributed by atoms with E-state index in [2.05, 4.69) is 26.1 Å². The van der Waals surface area contributed by atoms with Crippen molar-refractivity contribution >= 4 is 0 Å². The summed E-state index contributed by atoms with van der Waals surface area (Å²) in [5.74, 6) is 0.953. The van der Waals surface area contributed by atoms with Gasteiger partial charge in [-0.05, 0) is 38.7 Å². The number of hydrogen-bond acceptors (Lipinski definition) is 3. The van der Waals surface area contributed by atoms with Gasteiger partial charge in [-0.1, -0.05) is 19.9 Å². The van der Waals surface area contributed by atoms with E-state index < -0.39 is 0 Å². The zero-order valence-corrected chi connectivity index (χ0v) is 11.8. The Balaban J connectivity index is 2.56. The predicted octanol–water partition coefficient (Wildman–Crippen LogP) is 3.57. The Kier molecular flexibility index (Phi) is 5.48. The van der Waals surface area contributed by atoms with Gasteiger partial charge in [-0.2, -0.15) is 0 Å². The maximum atomic E-state index is 9.79. The number of rotatable bonds is 6. The van der Waals surface area contributed by atoms with Gasteiger partial charge in [0.15, 0.2) is 0 Å². The molecule has 2 atom stereocenters. The molecule has 0 amide bonds. The molecule has 102 valence electrons. The summed E-state index contributed by atoms with van der Waals surface area (Å²) < 4.78 is 0. The molecule has 0 bridgehead atoms. The Bertz CT molecular complexity index is 377. The van der Waals surface area contributed by atoms with Crippen LogP contribution in [-0.2, 0) is 0 Å². The van der Waals surface area contributed by atoms with Crippen LogP contribution >= 0.6 is 0 Å². The van der Waals surface area contributed by atoms with E-state index in [1.807, 2.05) is 6.92 Å². The van der Waals surface area contributed by atoms with Gasteiger partial charge in [0.1, 0.15) is 11.5 Å². The van der Waals surface area contributed by atoms with Crippen molar-refractivity contribution in [3.8, 4) is 11.5 Å². The van der Waals surface area contributed by atoms with E-state index in [4.69, 9.17) is 0 Å². The number of phenols is 2. The first kappa shape index (κ1) is 14.8. The van der Waals surface area contributed by atoms with E-state index in [9.17, 15) is 10.2 Å². The Hall–Kier alpha value is -1.22. The summed E-state index contributed by atoms with van der Waals surface area (Å²) in [5, 5.41) is 22.5. The SMILES string of the molecule is CC(C)CCC(C)NC(C)c1ccc(O)cc1O. The van der Waals surface area contributed by atoms with Crippen LogP contribution in [0.5, 0.6) is 11.5 Å². The molecule has 0 fully saturated rings. The van der Waals surface area contributed by atoms with Crippen LogP contribution in [0.15, 0.2) is 18.2 Å². The van der Waals surface area contributed by atoms with Crippen LogP contribution in [0, 0.1) is 5.92 Å². The van der Waals surface area contributed by atoms with Crippen LogP contribution in [0.3, 0.4) is 0 Å². The maximum Gasteiger partial charge on any atom is 0.124 e. The average molecular weight is 251 g/mol. The number of aromatic hydroxyl groups is 2. The molecular weight excluding hydrogens is 226 g/mol. The van der Waals surface area contributed by atoms with Crippen molar-refractivity contribution in [2.45, 2.75) is 52.6 Å². The predicted molar refractivity (Wildman–Crippen MR) is 74.9 cm³/mol. The van der Waals surface area contributed by atoms with Gasteiger partial charge in [0.2, 0.25) is 0 Å². The number of nitrogens with one attached hydrogen (secondary N) is 1. The van der Waals surface area contributed by atoms with Crippen molar-refractivity contribution in [3.63, 3.8) is 0 Å². The minimum atomic E-state index is 0.0766. The van der Waals surface area contributed by atoms with E-state index >= 15 is 0 Å². The number of phenolic OH excluding ortho intramolecular Hbond substituents is 2. The highest BCUT2D eigenvalue weighted by Gasteiger charge is 2.13. The molecular formula is C15H25NO2. The largest absolute Gasteiger partial charge is 0.508 e. The van der Waals surface area contributed by atoms with Gasteiger partial charge in [-0.25, -0.2) is 0 Å². The van der Waals surface area contributed by atoms with Crippen molar-refractivity contribution in [2.75, 3.05) is 0 Å². The summed E-state index contributed by atoms with van der Waals surface area (Å²) in [5.41, 5.74) is 0.823. The van der Waals surface area contributed by atoms with Crippen molar-refractivity contribution < 1.29 is 10.2 Å². The lowest BCUT2D eigenvalue weighted by atomic mass is 10.0. The molecule has 0 saturated heterocycles.